The second kappa shape index (κ2) is 7.35. The highest BCUT2D eigenvalue weighted by atomic mass is 16.5. The van der Waals surface area contributed by atoms with Gasteiger partial charge < -0.3 is 19.3 Å². The van der Waals surface area contributed by atoms with Crippen LogP contribution in [0, 0.1) is 0 Å². The molecular weight excluding hydrogens is 336 g/mol. The summed E-state index contributed by atoms with van der Waals surface area (Å²) in [6, 6.07) is 12.6. The van der Waals surface area contributed by atoms with E-state index in [1.54, 1.807) is 12.1 Å². The maximum absolute atomic E-state index is 11.7. The minimum atomic E-state index is -1.12. The van der Waals surface area contributed by atoms with E-state index in [0.717, 1.165) is 16.1 Å². The molecule has 2 aromatic rings. The second-order valence-electron chi connectivity index (χ2n) is 5.72. The molecule has 26 heavy (non-hydrogen) atoms. The largest absolute Gasteiger partial charge is 0.493 e. The Morgan fingerprint density at radius 1 is 1.08 bits per heavy atom. The lowest BCUT2D eigenvalue weighted by molar-refractivity contribution is 0.134. The molecule has 1 unspecified atom stereocenters. The van der Waals surface area contributed by atoms with Gasteiger partial charge in [0.15, 0.2) is 11.5 Å². The summed E-state index contributed by atoms with van der Waals surface area (Å²) in [5.74, 6) is 1.41. The zero-order chi connectivity index (χ0) is 18.7. The molecule has 1 atom stereocenters. The highest BCUT2D eigenvalue weighted by Crippen LogP contribution is 2.43. The number of nitrogens with zero attached hydrogens (tertiary/aromatic N) is 2. The first-order chi connectivity index (χ1) is 12.6. The van der Waals surface area contributed by atoms with Gasteiger partial charge in [0.1, 0.15) is 0 Å². The summed E-state index contributed by atoms with van der Waals surface area (Å²) >= 11 is 0. The number of amides is 1. The van der Waals surface area contributed by atoms with Crippen LogP contribution in [0.3, 0.4) is 0 Å². The Balaban J connectivity index is 2.02. The van der Waals surface area contributed by atoms with Gasteiger partial charge in [0.05, 0.1) is 33.1 Å². The highest BCUT2D eigenvalue weighted by molar-refractivity contribution is 6.02. The minimum Gasteiger partial charge on any atom is -0.493 e. The van der Waals surface area contributed by atoms with Crippen molar-refractivity contribution in [3.05, 3.63) is 53.6 Å². The zero-order valence-corrected chi connectivity index (χ0v) is 14.8. The minimum absolute atomic E-state index is 0.453. The number of methoxy groups -OCH3 is 3. The lowest BCUT2D eigenvalue weighted by atomic mass is 9.98. The van der Waals surface area contributed by atoms with Gasteiger partial charge in [-0.05, 0) is 23.3 Å². The standard InChI is InChI=1S/C19H20N2O5/c1-24-16-9-13(10-17(25-2)18(16)26-3)15-11-14(20-21(15)19(22)23)12-7-5-4-6-8-12/h4-10,15H,11H2,1-3H3,(H,22,23). The molecule has 0 saturated carbocycles. The molecule has 7 nitrogen and oxygen atoms in total. The predicted molar refractivity (Wildman–Crippen MR) is 96.3 cm³/mol. The number of rotatable bonds is 5. The maximum atomic E-state index is 11.7. The van der Waals surface area contributed by atoms with Crippen LogP contribution in [0.5, 0.6) is 17.2 Å². The fraction of sp³-hybridized carbons (Fsp3) is 0.263. The Labute approximate surface area is 151 Å². The Kier molecular flexibility index (Phi) is 4.97. The van der Waals surface area contributed by atoms with Gasteiger partial charge in [-0.1, -0.05) is 30.3 Å². The fourth-order valence-electron chi connectivity index (χ4n) is 3.05. The van der Waals surface area contributed by atoms with Crippen LogP contribution >= 0.6 is 0 Å². The molecule has 136 valence electrons. The number of hydrazone groups is 1. The predicted octanol–water partition coefficient (Wildman–Crippen LogP) is 3.54. The second-order valence-corrected chi connectivity index (χ2v) is 5.72. The molecule has 0 fully saturated rings. The third-order valence-corrected chi connectivity index (χ3v) is 4.29. The van der Waals surface area contributed by atoms with Crippen LogP contribution in [0.25, 0.3) is 0 Å². The molecule has 3 rings (SSSR count). The van der Waals surface area contributed by atoms with Crippen LogP contribution in [0.1, 0.15) is 23.6 Å². The highest BCUT2D eigenvalue weighted by Gasteiger charge is 2.34. The third kappa shape index (κ3) is 3.15. The number of benzene rings is 2. The topological polar surface area (TPSA) is 80.6 Å². The molecule has 1 amide bonds. The van der Waals surface area contributed by atoms with Crippen molar-refractivity contribution in [1.29, 1.82) is 0 Å². The van der Waals surface area contributed by atoms with Gasteiger partial charge in [-0.3, -0.25) is 0 Å². The van der Waals surface area contributed by atoms with Crippen molar-refractivity contribution in [2.75, 3.05) is 21.3 Å². The van der Waals surface area contributed by atoms with Crippen molar-refractivity contribution in [2.45, 2.75) is 12.5 Å². The van der Waals surface area contributed by atoms with Crippen LogP contribution in [-0.2, 0) is 0 Å². The summed E-state index contributed by atoms with van der Waals surface area (Å²) in [7, 11) is 4.57. The van der Waals surface area contributed by atoms with Gasteiger partial charge >= 0.3 is 6.09 Å². The number of ether oxygens (including phenoxy) is 3. The number of hydrogen-bond acceptors (Lipinski definition) is 5. The molecule has 0 radical (unpaired) electrons. The summed E-state index contributed by atoms with van der Waals surface area (Å²) in [6.07, 6.45) is -0.663. The molecule has 1 aliphatic rings. The van der Waals surface area contributed by atoms with Gasteiger partial charge in [-0.15, -0.1) is 0 Å². The summed E-state index contributed by atoms with van der Waals surface area (Å²) in [6.45, 7) is 0. The first-order valence-corrected chi connectivity index (χ1v) is 8.04. The van der Waals surface area contributed by atoms with Crippen LogP contribution in [-0.4, -0.2) is 43.2 Å². The summed E-state index contributed by atoms with van der Waals surface area (Å²) < 4.78 is 16.1. The molecule has 1 aliphatic heterocycles. The van der Waals surface area contributed by atoms with E-state index < -0.39 is 12.1 Å². The lowest BCUT2D eigenvalue weighted by Gasteiger charge is -2.21. The number of hydrogen-bond donors (Lipinski definition) is 1. The molecule has 2 aromatic carbocycles. The van der Waals surface area contributed by atoms with Crippen LogP contribution in [0.2, 0.25) is 0 Å². The van der Waals surface area contributed by atoms with Gasteiger partial charge in [-0.2, -0.15) is 10.1 Å². The van der Waals surface area contributed by atoms with Crippen LogP contribution in [0.15, 0.2) is 47.6 Å². The van der Waals surface area contributed by atoms with Crippen molar-refractivity contribution in [3.8, 4) is 17.2 Å². The van der Waals surface area contributed by atoms with Crippen LogP contribution < -0.4 is 14.2 Å². The van der Waals surface area contributed by atoms with E-state index >= 15 is 0 Å². The zero-order valence-electron chi connectivity index (χ0n) is 14.8. The van der Waals surface area contributed by atoms with E-state index in [-0.39, 0.29) is 0 Å². The van der Waals surface area contributed by atoms with E-state index in [1.807, 2.05) is 30.3 Å². The van der Waals surface area contributed by atoms with E-state index in [9.17, 15) is 9.90 Å². The maximum Gasteiger partial charge on any atom is 0.428 e. The number of carboxylic acid groups (broad SMARTS) is 1. The quantitative estimate of drug-likeness (QED) is 0.886. The molecule has 0 saturated heterocycles. The van der Waals surface area contributed by atoms with Crippen LogP contribution in [0.4, 0.5) is 4.79 Å². The average Bonchev–Trinajstić information content (AvgIpc) is 3.13. The normalized spacial score (nSPS) is 16.2. The SMILES string of the molecule is COc1cc(C2CC(c3ccccc3)=NN2C(=O)O)cc(OC)c1OC. The van der Waals surface area contributed by atoms with E-state index in [1.165, 1.54) is 21.3 Å². The van der Waals surface area contributed by atoms with Gasteiger partial charge in [0, 0.05) is 6.42 Å². The summed E-state index contributed by atoms with van der Waals surface area (Å²) in [5.41, 5.74) is 2.33. The average molecular weight is 356 g/mol. The van der Waals surface area contributed by atoms with Crippen molar-refractivity contribution >= 4 is 11.8 Å². The molecule has 1 heterocycles. The Morgan fingerprint density at radius 2 is 1.69 bits per heavy atom. The van der Waals surface area contributed by atoms with Gasteiger partial charge in [0.2, 0.25) is 5.75 Å². The monoisotopic (exact) mass is 356 g/mol. The molecule has 7 heteroatoms. The van der Waals surface area contributed by atoms with E-state index in [2.05, 4.69) is 5.10 Å². The molecular formula is C19H20N2O5. The first kappa shape index (κ1) is 17.6. The molecule has 0 aliphatic carbocycles. The molecule has 1 N–H and O–H groups in total. The van der Waals surface area contributed by atoms with Crippen molar-refractivity contribution in [3.63, 3.8) is 0 Å². The smallest absolute Gasteiger partial charge is 0.428 e. The lowest BCUT2D eigenvalue weighted by Crippen LogP contribution is -2.25. The Bertz CT molecular complexity index is 810. The van der Waals surface area contributed by atoms with Gasteiger partial charge in [0.25, 0.3) is 0 Å². The Morgan fingerprint density at radius 3 is 2.19 bits per heavy atom. The van der Waals surface area contributed by atoms with Crippen molar-refractivity contribution in [1.82, 2.24) is 5.01 Å². The molecule has 0 bridgehead atoms. The molecule has 0 spiro atoms. The third-order valence-electron chi connectivity index (χ3n) is 4.29. The summed E-state index contributed by atoms with van der Waals surface area (Å²) in [4.78, 5) is 11.7. The Hall–Kier alpha value is -3.22. The van der Waals surface area contributed by atoms with E-state index in [0.29, 0.717) is 29.4 Å². The summed E-state index contributed by atoms with van der Waals surface area (Å²) in [5, 5.41) is 15.0. The van der Waals surface area contributed by atoms with E-state index in [4.69, 9.17) is 14.2 Å². The first-order valence-electron chi connectivity index (χ1n) is 8.04. The van der Waals surface area contributed by atoms with Gasteiger partial charge in [-0.25, -0.2) is 4.79 Å². The van der Waals surface area contributed by atoms with Crippen molar-refractivity contribution < 1.29 is 24.1 Å². The number of carbonyl (C=O) groups is 1. The fourth-order valence-corrected chi connectivity index (χ4v) is 3.05. The molecule has 0 aromatic heterocycles. The van der Waals surface area contributed by atoms with Crippen molar-refractivity contribution in [2.24, 2.45) is 5.10 Å².